The topological polar surface area (TPSA) is 44.8 Å². The second kappa shape index (κ2) is 21.3. The molecule has 0 bridgehead atoms. The number of amides is 1. The summed E-state index contributed by atoms with van der Waals surface area (Å²) in [5.41, 5.74) is 4.91. The molecule has 2 fully saturated rings. The van der Waals surface area contributed by atoms with Crippen LogP contribution in [-0.2, 0) is 17.8 Å². The summed E-state index contributed by atoms with van der Waals surface area (Å²) in [7, 11) is 0. The maximum atomic E-state index is 11.7. The molecule has 212 valence electrons. The number of ether oxygens (including phenoxy) is 1. The number of allylic oxidation sites excluding steroid dienone is 2. The van der Waals surface area contributed by atoms with Gasteiger partial charge in [-0.2, -0.15) is 0 Å². The Labute approximate surface area is 237 Å². The second-order valence-electron chi connectivity index (χ2n) is 8.58. The van der Waals surface area contributed by atoms with Crippen molar-refractivity contribution in [1.82, 2.24) is 15.1 Å². The Bertz CT molecular complexity index is 903. The third-order valence-electron chi connectivity index (χ3n) is 5.27. The van der Waals surface area contributed by atoms with E-state index in [9.17, 15) is 4.79 Å². The van der Waals surface area contributed by atoms with E-state index in [-0.39, 0.29) is 12.2 Å². The molecule has 6 heteroatoms. The van der Waals surface area contributed by atoms with Gasteiger partial charge in [0.25, 0.3) is 0 Å². The highest BCUT2D eigenvalue weighted by Gasteiger charge is 2.27. The molecule has 0 spiro atoms. The van der Waals surface area contributed by atoms with Crippen LogP contribution in [-0.4, -0.2) is 54.7 Å². The predicted octanol–water partition coefficient (Wildman–Crippen LogP) is 8.10. The predicted molar refractivity (Wildman–Crippen MR) is 166 cm³/mol. The lowest BCUT2D eigenvalue weighted by atomic mass is 10.0. The molecule has 0 aromatic heterocycles. The largest absolute Gasteiger partial charge is 0.444 e. The van der Waals surface area contributed by atoms with Crippen molar-refractivity contribution in [2.75, 3.05) is 32.7 Å². The van der Waals surface area contributed by atoms with Crippen molar-refractivity contribution >= 4 is 17.7 Å². The highest BCUT2D eigenvalue weighted by atomic mass is 35.5. The van der Waals surface area contributed by atoms with Crippen molar-refractivity contribution in [1.29, 1.82) is 0 Å². The molecule has 2 aliphatic rings. The number of piperazine rings is 1. The summed E-state index contributed by atoms with van der Waals surface area (Å²) in [6, 6.07) is 17.3. The Kier molecular flexibility index (Phi) is 19.9. The van der Waals surface area contributed by atoms with Gasteiger partial charge in [-0.25, -0.2) is 4.79 Å². The Morgan fingerprint density at radius 3 is 1.74 bits per heavy atom. The van der Waals surface area contributed by atoms with Crippen LogP contribution in [0.3, 0.4) is 0 Å². The van der Waals surface area contributed by atoms with Gasteiger partial charge in [-0.05, 0) is 43.0 Å². The van der Waals surface area contributed by atoms with Crippen molar-refractivity contribution in [3.8, 4) is 11.1 Å². The molecule has 2 aromatic rings. The molecule has 0 radical (unpaired) electrons. The van der Waals surface area contributed by atoms with Crippen LogP contribution in [0.4, 0.5) is 4.79 Å². The van der Waals surface area contributed by atoms with Crippen LogP contribution in [0.1, 0.15) is 59.6 Å². The fourth-order valence-corrected chi connectivity index (χ4v) is 3.75. The summed E-state index contributed by atoms with van der Waals surface area (Å²) >= 11 is 5.08. The molecule has 1 amide bonds. The van der Waals surface area contributed by atoms with Crippen LogP contribution in [0.5, 0.6) is 0 Å². The van der Waals surface area contributed by atoms with Gasteiger partial charge in [-0.1, -0.05) is 100 Å². The molecular weight excluding hydrogens is 494 g/mol. The van der Waals surface area contributed by atoms with Gasteiger partial charge in [0.15, 0.2) is 0 Å². The zero-order valence-corrected chi connectivity index (χ0v) is 25.5. The van der Waals surface area contributed by atoms with E-state index in [4.69, 9.17) is 16.3 Å². The summed E-state index contributed by atoms with van der Waals surface area (Å²) < 4.78 is 5.18. The lowest BCUT2D eigenvalue weighted by Crippen LogP contribution is -2.42. The lowest BCUT2D eigenvalue weighted by molar-refractivity contribution is 0.137. The number of halogens is 1. The molecule has 2 saturated heterocycles. The number of benzene rings is 2. The van der Waals surface area contributed by atoms with Gasteiger partial charge in [-0.3, -0.25) is 4.90 Å². The fourth-order valence-electron chi connectivity index (χ4n) is 3.75. The highest BCUT2D eigenvalue weighted by molar-refractivity contribution is 6.28. The average Bonchev–Trinajstić information content (AvgIpc) is 3.24. The molecule has 0 aliphatic carbocycles. The molecule has 1 atom stereocenters. The van der Waals surface area contributed by atoms with Crippen molar-refractivity contribution in [2.24, 2.45) is 0 Å². The second-order valence-corrected chi connectivity index (χ2v) is 9.22. The molecule has 1 unspecified atom stereocenters. The van der Waals surface area contributed by atoms with Gasteiger partial charge in [-0.15, -0.1) is 6.58 Å². The van der Waals surface area contributed by atoms with Crippen molar-refractivity contribution in [3.05, 3.63) is 83.9 Å². The summed E-state index contributed by atoms with van der Waals surface area (Å²) in [6.07, 6.45) is 1.52. The summed E-state index contributed by atoms with van der Waals surface area (Å²) in [6.45, 7) is 26.9. The molecule has 5 nitrogen and oxygen atoms in total. The first-order chi connectivity index (χ1) is 18.3. The normalized spacial score (nSPS) is 16.1. The van der Waals surface area contributed by atoms with Crippen LogP contribution in [0.2, 0.25) is 0 Å². The van der Waals surface area contributed by atoms with E-state index < -0.39 is 0 Å². The van der Waals surface area contributed by atoms with Crippen LogP contribution in [0.15, 0.2) is 72.8 Å². The van der Waals surface area contributed by atoms with Crippen LogP contribution < -0.4 is 5.32 Å². The molecule has 0 saturated carbocycles. The van der Waals surface area contributed by atoms with Gasteiger partial charge >= 0.3 is 6.09 Å². The number of hydrogen-bond donors (Lipinski definition) is 1. The molecule has 2 aromatic carbocycles. The smallest absolute Gasteiger partial charge is 0.410 e. The first-order valence-corrected chi connectivity index (χ1v) is 14.1. The molecule has 38 heavy (non-hydrogen) atoms. The molecule has 2 aliphatic heterocycles. The number of rotatable bonds is 5. The third kappa shape index (κ3) is 14.4. The Morgan fingerprint density at radius 2 is 1.37 bits per heavy atom. The van der Waals surface area contributed by atoms with Gasteiger partial charge < -0.3 is 15.0 Å². The maximum Gasteiger partial charge on any atom is 0.410 e. The van der Waals surface area contributed by atoms with Crippen LogP contribution in [0, 0.1) is 0 Å². The molecule has 4 rings (SSSR count). The lowest BCUT2D eigenvalue weighted by Gasteiger charge is -2.27. The van der Waals surface area contributed by atoms with E-state index in [1.54, 1.807) is 17.9 Å². The Hall–Kier alpha value is -2.60. The number of nitrogens with one attached hydrogen (secondary N) is 1. The van der Waals surface area contributed by atoms with Crippen molar-refractivity contribution < 1.29 is 9.53 Å². The van der Waals surface area contributed by atoms with E-state index >= 15 is 0 Å². The minimum atomic E-state index is -0.216. The fraction of sp³-hybridized carbons (Fsp3) is 0.469. The number of cyclic esters (lactones) is 1. The quantitative estimate of drug-likeness (QED) is 0.387. The summed E-state index contributed by atoms with van der Waals surface area (Å²) in [4.78, 5) is 16.0. The first-order valence-electron chi connectivity index (χ1n) is 13.8. The molecule has 2 heterocycles. The van der Waals surface area contributed by atoms with Gasteiger partial charge in [0.05, 0.1) is 6.54 Å². The van der Waals surface area contributed by atoms with Crippen LogP contribution >= 0.6 is 11.6 Å². The Balaban J connectivity index is 0.00000108. The van der Waals surface area contributed by atoms with Gasteiger partial charge in [0.1, 0.15) is 6.10 Å². The van der Waals surface area contributed by atoms with Crippen molar-refractivity contribution in [3.63, 3.8) is 0 Å². The maximum absolute atomic E-state index is 11.7. The SMILES string of the molecule is C=C(C)Cl.C=CC.CC.CC.CC1CN(Cc2ccc(-c3ccc(CN4CCNCC4)cc3)cc2)C(=O)O1. The van der Waals surface area contributed by atoms with Gasteiger partial charge in [0.2, 0.25) is 0 Å². The van der Waals surface area contributed by atoms with E-state index in [1.807, 2.05) is 41.5 Å². The minimum Gasteiger partial charge on any atom is -0.444 e. The summed E-state index contributed by atoms with van der Waals surface area (Å²) in [5.74, 6) is 0. The third-order valence-corrected chi connectivity index (χ3v) is 5.27. The van der Waals surface area contributed by atoms with E-state index in [0.717, 1.165) is 38.3 Å². The number of nitrogens with zero attached hydrogens (tertiary/aromatic N) is 2. The van der Waals surface area contributed by atoms with E-state index in [2.05, 4.69) is 71.9 Å². The number of hydrogen-bond acceptors (Lipinski definition) is 4. The van der Waals surface area contributed by atoms with E-state index in [1.165, 1.54) is 16.7 Å². The first kappa shape index (κ1) is 35.4. The Morgan fingerprint density at radius 1 is 0.974 bits per heavy atom. The van der Waals surface area contributed by atoms with Gasteiger partial charge in [0, 0.05) is 44.3 Å². The number of carbonyl (C=O) groups is 1. The highest BCUT2D eigenvalue weighted by Crippen LogP contribution is 2.22. The van der Waals surface area contributed by atoms with Crippen molar-refractivity contribution in [2.45, 2.75) is 67.7 Å². The minimum absolute atomic E-state index is 0.0171. The zero-order valence-electron chi connectivity index (χ0n) is 24.7. The standard InChI is InChI=1S/C22H27N3O2.C3H5Cl.C3H6.2C2H6/c1-17-14-25(22(26)27-17)16-19-4-8-21(9-5-19)20-6-2-18(3-7-20)15-24-12-10-23-11-13-24;1-3(2)4;1-3-2;2*1-2/h2-9,17,23H,10-16H2,1H3;1H2,2H3;3H,1H2,2H3;2*1-2H3. The molecule has 1 N–H and O–H groups in total. The summed E-state index contributed by atoms with van der Waals surface area (Å²) in [5, 5.41) is 4.03. The average molecular weight is 544 g/mol. The monoisotopic (exact) mass is 543 g/mol. The number of carbonyl (C=O) groups excluding carboxylic acids is 1. The zero-order chi connectivity index (χ0) is 28.9. The van der Waals surface area contributed by atoms with Crippen LogP contribution in [0.25, 0.3) is 11.1 Å². The van der Waals surface area contributed by atoms with E-state index in [0.29, 0.717) is 18.1 Å². The molecular formula is C32H50ClN3O2.